The first-order chi connectivity index (χ1) is 8.81. The van der Waals surface area contributed by atoms with Gasteiger partial charge >= 0.3 is 0 Å². The third-order valence-electron chi connectivity index (χ3n) is 4.08. The number of fused-ring (bicyclic) bond motifs is 1. The fourth-order valence-corrected chi connectivity index (χ4v) is 2.94. The molecule has 2 aliphatic rings. The Bertz CT molecular complexity index is 290. The maximum Gasteiger partial charge on any atom is 0.162 e. The monoisotopic (exact) mass is 251 g/mol. The lowest BCUT2D eigenvalue weighted by atomic mass is 10.0. The second-order valence-corrected chi connectivity index (χ2v) is 5.47. The SMILES string of the molecule is C=CCCCCCC(=O)C1CN2CCCC2CO1. The summed E-state index contributed by atoms with van der Waals surface area (Å²) >= 11 is 0. The van der Waals surface area contributed by atoms with Gasteiger partial charge in [-0.25, -0.2) is 0 Å². The molecule has 0 saturated carbocycles. The van der Waals surface area contributed by atoms with Crippen LogP contribution in [0, 0.1) is 0 Å². The highest BCUT2D eigenvalue weighted by Crippen LogP contribution is 2.23. The number of ketones is 1. The molecule has 0 spiro atoms. The van der Waals surface area contributed by atoms with Crippen LogP contribution in [-0.4, -0.2) is 42.5 Å². The molecule has 2 atom stereocenters. The molecule has 0 aromatic heterocycles. The molecule has 2 fully saturated rings. The van der Waals surface area contributed by atoms with Gasteiger partial charge in [0.05, 0.1) is 6.61 Å². The Hall–Kier alpha value is -0.670. The Morgan fingerprint density at radius 1 is 1.39 bits per heavy atom. The van der Waals surface area contributed by atoms with Crippen molar-refractivity contribution < 1.29 is 9.53 Å². The van der Waals surface area contributed by atoms with Crippen LogP contribution in [0.2, 0.25) is 0 Å². The molecule has 0 bridgehead atoms. The molecule has 2 heterocycles. The Morgan fingerprint density at radius 2 is 2.28 bits per heavy atom. The van der Waals surface area contributed by atoms with Crippen molar-refractivity contribution in [1.29, 1.82) is 0 Å². The third kappa shape index (κ3) is 3.66. The number of Topliss-reactive ketones (excluding diaryl/α,β-unsaturated/α-hetero) is 1. The summed E-state index contributed by atoms with van der Waals surface area (Å²) in [5.74, 6) is 0.305. The van der Waals surface area contributed by atoms with Gasteiger partial charge < -0.3 is 4.74 Å². The Balaban J connectivity index is 1.64. The van der Waals surface area contributed by atoms with Gasteiger partial charge in [-0.1, -0.05) is 12.5 Å². The zero-order chi connectivity index (χ0) is 12.8. The zero-order valence-corrected chi connectivity index (χ0v) is 11.3. The standard InChI is InChI=1S/C15H25NO2/c1-2-3-4-5-6-9-14(17)15-11-16-10-7-8-13(16)12-18-15/h2,13,15H,1,3-12H2. The van der Waals surface area contributed by atoms with Gasteiger partial charge in [0.25, 0.3) is 0 Å². The number of allylic oxidation sites excluding steroid dienone is 1. The minimum absolute atomic E-state index is 0.154. The minimum Gasteiger partial charge on any atom is -0.367 e. The number of nitrogens with zero attached hydrogens (tertiary/aromatic N) is 1. The first-order valence-corrected chi connectivity index (χ1v) is 7.30. The van der Waals surface area contributed by atoms with Gasteiger partial charge in [0.15, 0.2) is 5.78 Å². The summed E-state index contributed by atoms with van der Waals surface area (Å²) in [5, 5.41) is 0. The van der Waals surface area contributed by atoms with Crippen molar-refractivity contribution in [2.24, 2.45) is 0 Å². The highest BCUT2D eigenvalue weighted by molar-refractivity contribution is 5.83. The molecule has 18 heavy (non-hydrogen) atoms. The molecule has 3 nitrogen and oxygen atoms in total. The quantitative estimate of drug-likeness (QED) is 0.514. The van der Waals surface area contributed by atoms with E-state index in [9.17, 15) is 4.79 Å². The number of hydrogen-bond acceptors (Lipinski definition) is 3. The van der Waals surface area contributed by atoms with E-state index in [4.69, 9.17) is 4.74 Å². The normalized spacial score (nSPS) is 28.0. The highest BCUT2D eigenvalue weighted by atomic mass is 16.5. The molecular weight excluding hydrogens is 226 g/mol. The number of morpholine rings is 1. The number of unbranched alkanes of at least 4 members (excludes halogenated alkanes) is 3. The Kier molecular flexibility index (Phi) is 5.39. The van der Waals surface area contributed by atoms with Crippen LogP contribution in [0.3, 0.4) is 0 Å². The van der Waals surface area contributed by atoms with E-state index in [2.05, 4.69) is 11.5 Å². The first-order valence-electron chi connectivity index (χ1n) is 7.30. The Morgan fingerprint density at radius 3 is 3.11 bits per heavy atom. The third-order valence-corrected chi connectivity index (χ3v) is 4.08. The van der Waals surface area contributed by atoms with Crippen LogP contribution in [-0.2, 0) is 9.53 Å². The fourth-order valence-electron chi connectivity index (χ4n) is 2.94. The van der Waals surface area contributed by atoms with Gasteiger partial charge in [-0.05, 0) is 38.6 Å². The lowest BCUT2D eigenvalue weighted by Crippen LogP contribution is -2.49. The summed E-state index contributed by atoms with van der Waals surface area (Å²) in [5.41, 5.74) is 0. The number of carbonyl (C=O) groups excluding carboxylic acids is 1. The lowest BCUT2D eigenvalue weighted by Gasteiger charge is -2.34. The largest absolute Gasteiger partial charge is 0.367 e. The van der Waals surface area contributed by atoms with Crippen LogP contribution < -0.4 is 0 Å². The van der Waals surface area contributed by atoms with Crippen LogP contribution in [0.25, 0.3) is 0 Å². The van der Waals surface area contributed by atoms with Crippen molar-refractivity contribution >= 4 is 5.78 Å². The van der Waals surface area contributed by atoms with E-state index < -0.39 is 0 Å². The molecule has 2 aliphatic heterocycles. The smallest absolute Gasteiger partial charge is 0.162 e. The molecule has 0 amide bonds. The van der Waals surface area contributed by atoms with E-state index in [1.165, 1.54) is 12.8 Å². The molecule has 0 aromatic carbocycles. The summed E-state index contributed by atoms with van der Waals surface area (Å²) in [6, 6.07) is 0.585. The van der Waals surface area contributed by atoms with Crippen molar-refractivity contribution in [3.63, 3.8) is 0 Å². The van der Waals surface area contributed by atoms with E-state index in [1.807, 2.05) is 6.08 Å². The summed E-state index contributed by atoms with van der Waals surface area (Å²) in [6.45, 7) is 6.44. The van der Waals surface area contributed by atoms with Gasteiger partial charge in [-0.3, -0.25) is 9.69 Å². The van der Waals surface area contributed by atoms with Crippen molar-refractivity contribution in [1.82, 2.24) is 4.90 Å². The van der Waals surface area contributed by atoms with Crippen LogP contribution in [0.1, 0.15) is 44.9 Å². The van der Waals surface area contributed by atoms with E-state index >= 15 is 0 Å². The van der Waals surface area contributed by atoms with E-state index in [-0.39, 0.29) is 6.10 Å². The van der Waals surface area contributed by atoms with Gasteiger partial charge in [0, 0.05) is 19.0 Å². The molecule has 2 unspecified atom stereocenters. The molecule has 0 radical (unpaired) electrons. The molecule has 0 N–H and O–H groups in total. The van der Waals surface area contributed by atoms with E-state index in [0.29, 0.717) is 18.2 Å². The van der Waals surface area contributed by atoms with Crippen LogP contribution in [0.15, 0.2) is 12.7 Å². The van der Waals surface area contributed by atoms with Gasteiger partial charge in [-0.2, -0.15) is 0 Å². The molecule has 102 valence electrons. The van der Waals surface area contributed by atoms with Crippen molar-refractivity contribution in [2.75, 3.05) is 19.7 Å². The average molecular weight is 251 g/mol. The second-order valence-electron chi connectivity index (χ2n) is 5.47. The number of ether oxygens (including phenoxy) is 1. The molecule has 0 aromatic rings. The average Bonchev–Trinajstić information content (AvgIpc) is 2.85. The predicted molar refractivity (Wildman–Crippen MR) is 72.6 cm³/mol. The molecule has 2 saturated heterocycles. The molecular formula is C15H25NO2. The van der Waals surface area contributed by atoms with Crippen molar-refractivity contribution in [3.05, 3.63) is 12.7 Å². The maximum absolute atomic E-state index is 12.0. The highest BCUT2D eigenvalue weighted by Gasteiger charge is 2.34. The van der Waals surface area contributed by atoms with Crippen LogP contribution in [0.5, 0.6) is 0 Å². The first kappa shape index (κ1) is 13.8. The number of hydrogen-bond donors (Lipinski definition) is 0. The summed E-state index contributed by atoms with van der Waals surface area (Å²) in [4.78, 5) is 14.5. The summed E-state index contributed by atoms with van der Waals surface area (Å²) < 4.78 is 5.72. The number of rotatable bonds is 7. The van der Waals surface area contributed by atoms with E-state index in [0.717, 1.165) is 45.4 Å². The second kappa shape index (κ2) is 7.05. The summed E-state index contributed by atoms with van der Waals surface area (Å²) in [6.07, 6.45) is 9.30. The van der Waals surface area contributed by atoms with Crippen molar-refractivity contribution in [3.8, 4) is 0 Å². The molecule has 2 rings (SSSR count). The Labute approximate surface area is 110 Å². The minimum atomic E-state index is -0.154. The molecule has 0 aliphatic carbocycles. The fraction of sp³-hybridized carbons (Fsp3) is 0.800. The number of carbonyl (C=O) groups is 1. The summed E-state index contributed by atoms with van der Waals surface area (Å²) in [7, 11) is 0. The van der Waals surface area contributed by atoms with Crippen molar-refractivity contribution in [2.45, 2.75) is 57.1 Å². The van der Waals surface area contributed by atoms with Crippen LogP contribution in [0.4, 0.5) is 0 Å². The van der Waals surface area contributed by atoms with Crippen LogP contribution >= 0.6 is 0 Å². The predicted octanol–water partition coefficient (Wildman–Crippen LogP) is 2.56. The maximum atomic E-state index is 12.0. The van der Waals surface area contributed by atoms with Gasteiger partial charge in [-0.15, -0.1) is 6.58 Å². The van der Waals surface area contributed by atoms with Gasteiger partial charge in [0.2, 0.25) is 0 Å². The molecule has 3 heteroatoms. The van der Waals surface area contributed by atoms with E-state index in [1.54, 1.807) is 0 Å². The zero-order valence-electron chi connectivity index (χ0n) is 11.3. The topological polar surface area (TPSA) is 29.5 Å². The lowest BCUT2D eigenvalue weighted by molar-refractivity contribution is -0.138. The van der Waals surface area contributed by atoms with Gasteiger partial charge in [0.1, 0.15) is 6.10 Å².